The Morgan fingerprint density at radius 2 is 2.20 bits per heavy atom. The minimum Gasteiger partial charge on any atom is -0.361 e. The number of fused-ring (bicyclic) bond motifs is 1. The van der Waals surface area contributed by atoms with E-state index in [2.05, 4.69) is 20.9 Å². The molecule has 1 aromatic heterocycles. The first-order valence-corrected chi connectivity index (χ1v) is 5.66. The lowest BCUT2D eigenvalue weighted by atomic mass is 10.1. The summed E-state index contributed by atoms with van der Waals surface area (Å²) in [5.41, 5.74) is 7.48. The number of halogens is 2. The van der Waals surface area contributed by atoms with Gasteiger partial charge in [-0.3, -0.25) is 0 Å². The molecule has 2 nitrogen and oxygen atoms in total. The zero-order chi connectivity index (χ0) is 10.8. The zero-order valence-electron chi connectivity index (χ0n) is 8.19. The van der Waals surface area contributed by atoms with Gasteiger partial charge in [-0.15, -0.1) is 0 Å². The Labute approximate surface area is 95.8 Å². The summed E-state index contributed by atoms with van der Waals surface area (Å²) in [5, 5.41) is 1.06. The molecule has 15 heavy (non-hydrogen) atoms. The second-order valence-corrected chi connectivity index (χ2v) is 4.37. The molecule has 0 saturated carbocycles. The molecule has 0 amide bonds. The standard InChI is InChI=1S/C11H12BrFN2/c12-9-4-8(13)5-10-11(9)7(6-15-10)2-1-3-14/h4-6,15H,1-3,14H2. The van der Waals surface area contributed by atoms with E-state index in [1.165, 1.54) is 17.7 Å². The van der Waals surface area contributed by atoms with Crippen LogP contribution in [0.4, 0.5) is 4.39 Å². The summed E-state index contributed by atoms with van der Waals surface area (Å²) in [7, 11) is 0. The van der Waals surface area contributed by atoms with Gasteiger partial charge in [-0.05, 0) is 53.0 Å². The summed E-state index contributed by atoms with van der Waals surface area (Å²) >= 11 is 3.38. The van der Waals surface area contributed by atoms with Gasteiger partial charge in [0.05, 0.1) is 0 Å². The first-order chi connectivity index (χ1) is 7.22. The maximum absolute atomic E-state index is 13.1. The third-order valence-corrected chi connectivity index (χ3v) is 3.05. The van der Waals surface area contributed by atoms with Crippen LogP contribution >= 0.6 is 15.9 Å². The highest BCUT2D eigenvalue weighted by molar-refractivity contribution is 9.10. The summed E-state index contributed by atoms with van der Waals surface area (Å²) in [6.07, 6.45) is 3.78. The lowest BCUT2D eigenvalue weighted by molar-refractivity contribution is 0.628. The second kappa shape index (κ2) is 4.33. The maximum atomic E-state index is 13.1. The second-order valence-electron chi connectivity index (χ2n) is 3.52. The van der Waals surface area contributed by atoms with E-state index in [0.29, 0.717) is 6.54 Å². The van der Waals surface area contributed by atoms with Crippen LogP contribution in [0, 0.1) is 5.82 Å². The Kier molecular flexibility index (Phi) is 3.07. The normalized spacial score (nSPS) is 11.1. The Balaban J connectivity index is 2.49. The minimum atomic E-state index is -0.235. The number of H-pyrrole nitrogens is 1. The molecule has 0 spiro atoms. The van der Waals surface area contributed by atoms with E-state index in [1.54, 1.807) is 0 Å². The molecule has 0 aliphatic heterocycles. The molecule has 1 heterocycles. The summed E-state index contributed by atoms with van der Waals surface area (Å²) in [4.78, 5) is 3.07. The highest BCUT2D eigenvalue weighted by Crippen LogP contribution is 2.28. The minimum absolute atomic E-state index is 0.235. The highest BCUT2D eigenvalue weighted by Gasteiger charge is 2.08. The van der Waals surface area contributed by atoms with Crippen molar-refractivity contribution in [1.82, 2.24) is 4.98 Å². The fraction of sp³-hybridized carbons (Fsp3) is 0.273. The van der Waals surface area contributed by atoms with Gasteiger partial charge in [-0.1, -0.05) is 0 Å². The van der Waals surface area contributed by atoms with Gasteiger partial charge >= 0.3 is 0 Å². The quantitative estimate of drug-likeness (QED) is 0.885. The van der Waals surface area contributed by atoms with E-state index < -0.39 is 0 Å². The summed E-state index contributed by atoms with van der Waals surface area (Å²) in [6, 6.07) is 2.99. The third-order valence-electron chi connectivity index (χ3n) is 2.43. The lowest BCUT2D eigenvalue weighted by Gasteiger charge is -2.00. The number of rotatable bonds is 3. The third kappa shape index (κ3) is 2.06. The number of nitrogens with one attached hydrogen (secondary N) is 1. The number of hydrogen-bond acceptors (Lipinski definition) is 1. The van der Waals surface area contributed by atoms with Crippen molar-refractivity contribution in [3.8, 4) is 0 Å². The van der Waals surface area contributed by atoms with Gasteiger partial charge < -0.3 is 10.7 Å². The fourth-order valence-electron chi connectivity index (χ4n) is 1.74. The zero-order valence-corrected chi connectivity index (χ0v) is 9.77. The molecule has 0 saturated heterocycles. The number of nitrogens with two attached hydrogens (primary N) is 1. The van der Waals surface area contributed by atoms with Crippen LogP contribution in [0.25, 0.3) is 10.9 Å². The van der Waals surface area contributed by atoms with Crippen LogP contribution in [0.2, 0.25) is 0 Å². The van der Waals surface area contributed by atoms with Crippen molar-refractivity contribution in [3.05, 3.63) is 34.2 Å². The van der Waals surface area contributed by atoms with Crippen LogP contribution in [0.1, 0.15) is 12.0 Å². The van der Waals surface area contributed by atoms with Gasteiger partial charge in [0.2, 0.25) is 0 Å². The molecule has 80 valence electrons. The SMILES string of the molecule is NCCCc1c[nH]c2cc(F)cc(Br)c12. The van der Waals surface area contributed by atoms with Crippen LogP contribution in [0.15, 0.2) is 22.8 Å². The van der Waals surface area contributed by atoms with Gasteiger partial charge in [-0.25, -0.2) is 4.39 Å². The monoisotopic (exact) mass is 270 g/mol. The van der Waals surface area contributed by atoms with E-state index >= 15 is 0 Å². The Morgan fingerprint density at radius 1 is 1.40 bits per heavy atom. The van der Waals surface area contributed by atoms with Crippen molar-refractivity contribution in [3.63, 3.8) is 0 Å². The average Bonchev–Trinajstić information content (AvgIpc) is 2.58. The van der Waals surface area contributed by atoms with Gasteiger partial charge in [-0.2, -0.15) is 0 Å². The Bertz CT molecular complexity index is 479. The van der Waals surface area contributed by atoms with E-state index in [9.17, 15) is 4.39 Å². The molecule has 0 fully saturated rings. The average molecular weight is 271 g/mol. The molecule has 0 aliphatic rings. The number of aromatic nitrogens is 1. The molecular weight excluding hydrogens is 259 g/mol. The molecule has 0 atom stereocenters. The van der Waals surface area contributed by atoms with Crippen molar-refractivity contribution in [1.29, 1.82) is 0 Å². The van der Waals surface area contributed by atoms with Gasteiger partial charge in [0.1, 0.15) is 5.82 Å². The van der Waals surface area contributed by atoms with Gasteiger partial charge in [0.25, 0.3) is 0 Å². The first kappa shape index (κ1) is 10.6. The van der Waals surface area contributed by atoms with E-state index in [0.717, 1.165) is 28.2 Å². The maximum Gasteiger partial charge on any atom is 0.126 e. The van der Waals surface area contributed by atoms with Crippen molar-refractivity contribution in [2.45, 2.75) is 12.8 Å². The first-order valence-electron chi connectivity index (χ1n) is 4.87. The number of benzene rings is 1. The van der Waals surface area contributed by atoms with Crippen LogP contribution in [0.5, 0.6) is 0 Å². The number of aromatic amines is 1. The van der Waals surface area contributed by atoms with Gasteiger partial charge in [0.15, 0.2) is 0 Å². The van der Waals surface area contributed by atoms with Crippen molar-refractivity contribution < 1.29 is 4.39 Å². The molecule has 3 N–H and O–H groups in total. The molecule has 0 radical (unpaired) electrons. The summed E-state index contributed by atoms with van der Waals surface area (Å²) < 4.78 is 13.9. The van der Waals surface area contributed by atoms with E-state index in [1.807, 2.05) is 6.20 Å². The molecule has 4 heteroatoms. The van der Waals surface area contributed by atoms with Crippen molar-refractivity contribution >= 4 is 26.8 Å². The molecule has 2 rings (SSSR count). The topological polar surface area (TPSA) is 41.8 Å². The van der Waals surface area contributed by atoms with Crippen LogP contribution in [-0.2, 0) is 6.42 Å². The molecule has 2 aromatic rings. The lowest BCUT2D eigenvalue weighted by Crippen LogP contribution is -1.99. The Morgan fingerprint density at radius 3 is 2.93 bits per heavy atom. The predicted molar refractivity (Wildman–Crippen MR) is 63.3 cm³/mol. The smallest absolute Gasteiger partial charge is 0.126 e. The Hall–Kier alpha value is -0.870. The number of aryl methyl sites for hydroxylation is 1. The fourth-order valence-corrected chi connectivity index (χ4v) is 2.43. The van der Waals surface area contributed by atoms with Crippen LogP contribution in [-0.4, -0.2) is 11.5 Å². The molecule has 0 aliphatic carbocycles. The molecular formula is C11H12BrFN2. The summed E-state index contributed by atoms with van der Waals surface area (Å²) in [5.74, 6) is -0.235. The predicted octanol–water partition coefficient (Wildman–Crippen LogP) is 2.96. The highest BCUT2D eigenvalue weighted by atomic mass is 79.9. The van der Waals surface area contributed by atoms with E-state index in [4.69, 9.17) is 5.73 Å². The number of hydrogen-bond donors (Lipinski definition) is 2. The van der Waals surface area contributed by atoms with Gasteiger partial charge in [0, 0.05) is 21.6 Å². The largest absolute Gasteiger partial charge is 0.361 e. The molecule has 0 bridgehead atoms. The molecule has 0 unspecified atom stereocenters. The van der Waals surface area contributed by atoms with Crippen molar-refractivity contribution in [2.75, 3.05) is 6.54 Å². The van der Waals surface area contributed by atoms with Crippen molar-refractivity contribution in [2.24, 2.45) is 5.73 Å². The summed E-state index contributed by atoms with van der Waals surface area (Å²) in [6.45, 7) is 0.672. The van der Waals surface area contributed by atoms with Crippen LogP contribution < -0.4 is 5.73 Å². The van der Waals surface area contributed by atoms with E-state index in [-0.39, 0.29) is 5.82 Å². The molecule has 1 aromatic carbocycles. The van der Waals surface area contributed by atoms with Crippen LogP contribution in [0.3, 0.4) is 0 Å².